The number of anilines is 1. The second kappa shape index (κ2) is 5.82. The Morgan fingerprint density at radius 2 is 2.38 bits per heavy atom. The van der Waals surface area contributed by atoms with Gasteiger partial charge in [0.1, 0.15) is 0 Å². The van der Waals surface area contributed by atoms with Crippen LogP contribution in [0.15, 0.2) is 4.52 Å². The molecule has 4 nitrogen and oxygen atoms in total. The monoisotopic (exact) mass is 259 g/mol. The molecule has 1 fully saturated rings. The molecule has 0 spiro atoms. The van der Waals surface area contributed by atoms with Crippen molar-refractivity contribution in [3.05, 3.63) is 5.82 Å². The molecular formula is C10H17N3OS2. The van der Waals surface area contributed by atoms with E-state index >= 15 is 0 Å². The first kappa shape index (κ1) is 12.1. The number of hydrogen-bond acceptors (Lipinski definition) is 6. The van der Waals surface area contributed by atoms with Crippen LogP contribution in [-0.2, 0) is 0 Å². The summed E-state index contributed by atoms with van der Waals surface area (Å²) in [5.74, 6) is 4.92. The van der Waals surface area contributed by atoms with E-state index in [2.05, 4.69) is 29.3 Å². The maximum Gasteiger partial charge on any atom is 0.321 e. The van der Waals surface area contributed by atoms with E-state index in [1.807, 2.05) is 23.5 Å². The molecular weight excluding hydrogens is 242 g/mol. The topological polar surface area (TPSA) is 51.0 Å². The van der Waals surface area contributed by atoms with E-state index in [-0.39, 0.29) is 0 Å². The Morgan fingerprint density at radius 1 is 1.50 bits per heavy atom. The van der Waals surface area contributed by atoms with Gasteiger partial charge in [0.2, 0.25) is 0 Å². The molecule has 0 saturated carbocycles. The van der Waals surface area contributed by atoms with Gasteiger partial charge in [-0.1, -0.05) is 19.0 Å². The summed E-state index contributed by atoms with van der Waals surface area (Å²) in [6.07, 6.45) is 0. The molecule has 16 heavy (non-hydrogen) atoms. The molecule has 1 aliphatic heterocycles. The molecule has 1 saturated heterocycles. The van der Waals surface area contributed by atoms with Crippen LogP contribution in [0.2, 0.25) is 0 Å². The Balaban J connectivity index is 1.90. The third-order valence-corrected chi connectivity index (χ3v) is 4.96. The Bertz CT molecular complexity index is 324. The lowest BCUT2D eigenvalue weighted by Gasteiger charge is -2.16. The zero-order chi connectivity index (χ0) is 11.4. The van der Waals surface area contributed by atoms with Crippen LogP contribution in [0.1, 0.15) is 24.9 Å². The molecule has 1 atom stereocenters. The van der Waals surface area contributed by atoms with Crippen LogP contribution in [0.25, 0.3) is 0 Å². The lowest BCUT2D eigenvalue weighted by atomic mass is 10.2. The smallest absolute Gasteiger partial charge is 0.321 e. The minimum absolute atomic E-state index is 0.400. The highest BCUT2D eigenvalue weighted by molar-refractivity contribution is 8.06. The summed E-state index contributed by atoms with van der Waals surface area (Å²) < 4.78 is 5.17. The van der Waals surface area contributed by atoms with Crippen molar-refractivity contribution in [1.82, 2.24) is 10.1 Å². The zero-order valence-electron chi connectivity index (χ0n) is 9.60. The molecule has 2 rings (SSSR count). The van der Waals surface area contributed by atoms with Gasteiger partial charge in [0.05, 0.1) is 5.25 Å². The van der Waals surface area contributed by atoms with Crippen molar-refractivity contribution in [3.8, 4) is 0 Å². The van der Waals surface area contributed by atoms with E-state index in [1.54, 1.807) is 0 Å². The van der Waals surface area contributed by atoms with Gasteiger partial charge in [0, 0.05) is 23.8 Å². The van der Waals surface area contributed by atoms with Crippen molar-refractivity contribution in [2.24, 2.45) is 5.92 Å². The van der Waals surface area contributed by atoms with Crippen LogP contribution in [0.5, 0.6) is 0 Å². The quantitative estimate of drug-likeness (QED) is 0.897. The number of nitrogens with one attached hydrogen (secondary N) is 1. The molecule has 1 unspecified atom stereocenters. The summed E-state index contributed by atoms with van der Waals surface area (Å²) in [7, 11) is 0. The SMILES string of the molecule is CC(C)CNc1nc(C2CSCCS2)no1. The molecule has 1 aromatic rings. The average molecular weight is 259 g/mol. The summed E-state index contributed by atoms with van der Waals surface area (Å²) in [4.78, 5) is 4.38. The highest BCUT2D eigenvalue weighted by Crippen LogP contribution is 2.35. The van der Waals surface area contributed by atoms with Gasteiger partial charge in [-0.25, -0.2) is 0 Å². The Hall–Kier alpha value is -0.360. The second-order valence-corrected chi connectivity index (χ2v) is 6.63. The molecule has 0 amide bonds. The van der Waals surface area contributed by atoms with E-state index in [9.17, 15) is 0 Å². The lowest BCUT2D eigenvalue weighted by molar-refractivity contribution is 0.421. The largest absolute Gasteiger partial charge is 0.337 e. The molecule has 1 N–H and O–H groups in total. The van der Waals surface area contributed by atoms with Crippen LogP contribution >= 0.6 is 23.5 Å². The molecule has 0 aliphatic carbocycles. The van der Waals surface area contributed by atoms with Crippen molar-refractivity contribution in [3.63, 3.8) is 0 Å². The van der Waals surface area contributed by atoms with Gasteiger partial charge in [-0.2, -0.15) is 16.7 Å². The van der Waals surface area contributed by atoms with Crippen molar-refractivity contribution in [2.75, 3.05) is 29.1 Å². The fourth-order valence-corrected chi connectivity index (χ4v) is 3.95. The third kappa shape index (κ3) is 3.31. The minimum atomic E-state index is 0.400. The van der Waals surface area contributed by atoms with Gasteiger partial charge in [0.15, 0.2) is 5.82 Å². The number of aromatic nitrogens is 2. The van der Waals surface area contributed by atoms with E-state index in [1.165, 1.54) is 11.5 Å². The maximum atomic E-state index is 5.17. The Labute approximate surface area is 104 Å². The molecule has 0 aromatic carbocycles. The predicted octanol–water partition coefficient (Wildman–Crippen LogP) is 2.66. The van der Waals surface area contributed by atoms with Crippen molar-refractivity contribution in [1.29, 1.82) is 0 Å². The van der Waals surface area contributed by atoms with Crippen molar-refractivity contribution in [2.45, 2.75) is 19.1 Å². The molecule has 6 heteroatoms. The van der Waals surface area contributed by atoms with Crippen LogP contribution in [0.3, 0.4) is 0 Å². The van der Waals surface area contributed by atoms with Crippen LogP contribution in [0.4, 0.5) is 6.01 Å². The van der Waals surface area contributed by atoms with E-state index < -0.39 is 0 Å². The molecule has 1 aliphatic rings. The predicted molar refractivity (Wildman–Crippen MR) is 70.1 cm³/mol. The molecule has 90 valence electrons. The van der Waals surface area contributed by atoms with Crippen molar-refractivity contribution < 1.29 is 4.52 Å². The first-order chi connectivity index (χ1) is 7.75. The average Bonchev–Trinajstić information content (AvgIpc) is 2.76. The van der Waals surface area contributed by atoms with Gasteiger partial charge in [0.25, 0.3) is 0 Å². The van der Waals surface area contributed by atoms with E-state index in [4.69, 9.17) is 4.52 Å². The first-order valence-electron chi connectivity index (χ1n) is 5.52. The fourth-order valence-electron chi connectivity index (χ4n) is 1.37. The number of rotatable bonds is 4. The van der Waals surface area contributed by atoms with Gasteiger partial charge in [-0.15, -0.1) is 11.8 Å². The lowest BCUT2D eigenvalue weighted by Crippen LogP contribution is -2.09. The van der Waals surface area contributed by atoms with Gasteiger partial charge in [-0.05, 0) is 5.92 Å². The standard InChI is InChI=1S/C10H17N3OS2/c1-7(2)5-11-10-12-9(13-14-10)8-6-15-3-4-16-8/h7-8H,3-6H2,1-2H3,(H,11,12,13). The van der Waals surface area contributed by atoms with E-state index in [0.717, 1.165) is 18.1 Å². The van der Waals surface area contributed by atoms with Crippen LogP contribution in [0, 0.1) is 5.92 Å². The van der Waals surface area contributed by atoms with Crippen LogP contribution in [-0.4, -0.2) is 33.9 Å². The molecule has 0 radical (unpaired) electrons. The Morgan fingerprint density at radius 3 is 3.06 bits per heavy atom. The molecule has 2 heterocycles. The minimum Gasteiger partial charge on any atom is -0.337 e. The number of nitrogens with zero attached hydrogens (tertiary/aromatic N) is 2. The van der Waals surface area contributed by atoms with Crippen molar-refractivity contribution >= 4 is 29.5 Å². The van der Waals surface area contributed by atoms with Gasteiger partial charge >= 0.3 is 6.01 Å². The highest BCUT2D eigenvalue weighted by Gasteiger charge is 2.21. The number of thioether (sulfide) groups is 2. The molecule has 1 aromatic heterocycles. The summed E-state index contributed by atoms with van der Waals surface area (Å²) >= 11 is 3.88. The first-order valence-corrected chi connectivity index (χ1v) is 7.73. The summed E-state index contributed by atoms with van der Waals surface area (Å²) in [5.41, 5.74) is 0. The maximum absolute atomic E-state index is 5.17. The summed E-state index contributed by atoms with van der Waals surface area (Å²) in [5, 5.41) is 7.58. The normalized spacial score (nSPS) is 21.3. The highest BCUT2D eigenvalue weighted by atomic mass is 32.2. The van der Waals surface area contributed by atoms with Gasteiger partial charge < -0.3 is 9.84 Å². The Kier molecular flexibility index (Phi) is 4.40. The van der Waals surface area contributed by atoms with Gasteiger partial charge in [-0.3, -0.25) is 0 Å². The molecule has 0 bridgehead atoms. The zero-order valence-corrected chi connectivity index (χ0v) is 11.2. The van der Waals surface area contributed by atoms with Crippen LogP contribution < -0.4 is 5.32 Å². The second-order valence-electron chi connectivity index (χ2n) is 4.17. The summed E-state index contributed by atoms with van der Waals surface area (Å²) in [6.45, 7) is 5.17. The summed E-state index contributed by atoms with van der Waals surface area (Å²) in [6, 6.07) is 0.555. The number of hydrogen-bond donors (Lipinski definition) is 1. The fraction of sp³-hybridized carbons (Fsp3) is 0.800. The third-order valence-electron chi connectivity index (χ3n) is 2.21. The van der Waals surface area contributed by atoms with E-state index in [0.29, 0.717) is 17.2 Å².